The first-order chi connectivity index (χ1) is 11.0. The molecule has 1 aromatic rings. The Labute approximate surface area is 135 Å². The molecule has 10 heteroatoms. The van der Waals surface area contributed by atoms with Gasteiger partial charge in [-0.25, -0.2) is 0 Å². The van der Waals surface area contributed by atoms with E-state index in [1.807, 2.05) is 0 Å². The van der Waals surface area contributed by atoms with Gasteiger partial charge in [0.1, 0.15) is 11.6 Å². The molecule has 24 heavy (non-hydrogen) atoms. The zero-order valence-corrected chi connectivity index (χ0v) is 12.9. The van der Waals surface area contributed by atoms with Crippen molar-refractivity contribution >= 4 is 17.5 Å². The maximum absolute atomic E-state index is 12.6. The number of nitrogens with zero attached hydrogens (tertiary/aromatic N) is 1. The SMILES string of the molecule is CC[C@@H](C)[C@H](NC(=O)c1ccc(C(F)(F)F)cc1[N+](=O)[O-])C(N)=O. The Balaban J connectivity index is 3.23. The zero-order chi connectivity index (χ0) is 18.7. The number of halogens is 3. The molecule has 0 bridgehead atoms. The Kier molecular flexibility index (Phi) is 5.88. The highest BCUT2D eigenvalue weighted by Gasteiger charge is 2.34. The van der Waals surface area contributed by atoms with Gasteiger partial charge in [0.2, 0.25) is 5.91 Å². The second-order valence-electron chi connectivity index (χ2n) is 5.23. The third-order valence-electron chi connectivity index (χ3n) is 3.57. The molecule has 0 saturated carbocycles. The van der Waals surface area contributed by atoms with Crippen molar-refractivity contribution in [2.75, 3.05) is 0 Å². The van der Waals surface area contributed by atoms with Crippen molar-refractivity contribution in [2.24, 2.45) is 11.7 Å². The van der Waals surface area contributed by atoms with Crippen molar-refractivity contribution in [2.45, 2.75) is 32.5 Å². The molecule has 132 valence electrons. The molecule has 1 aromatic carbocycles. The maximum atomic E-state index is 12.6. The zero-order valence-electron chi connectivity index (χ0n) is 12.9. The van der Waals surface area contributed by atoms with Crippen molar-refractivity contribution in [1.82, 2.24) is 5.32 Å². The first kappa shape index (κ1) is 19.4. The average Bonchev–Trinajstić information content (AvgIpc) is 2.49. The van der Waals surface area contributed by atoms with Crippen LogP contribution in [0.3, 0.4) is 0 Å². The van der Waals surface area contributed by atoms with Crippen LogP contribution in [0.5, 0.6) is 0 Å². The molecule has 0 fully saturated rings. The summed E-state index contributed by atoms with van der Waals surface area (Å²) in [7, 11) is 0. The highest BCUT2D eigenvalue weighted by molar-refractivity contribution is 6.00. The predicted molar refractivity (Wildman–Crippen MR) is 78.0 cm³/mol. The van der Waals surface area contributed by atoms with Crippen LogP contribution in [0.25, 0.3) is 0 Å². The fourth-order valence-electron chi connectivity index (χ4n) is 2.00. The molecule has 0 aliphatic carbocycles. The first-order valence-corrected chi connectivity index (χ1v) is 6.94. The maximum Gasteiger partial charge on any atom is 0.416 e. The molecule has 7 nitrogen and oxygen atoms in total. The molecule has 0 aliphatic rings. The molecule has 0 saturated heterocycles. The molecule has 0 heterocycles. The number of nitrogens with two attached hydrogens (primary N) is 1. The minimum Gasteiger partial charge on any atom is -0.368 e. The van der Waals surface area contributed by atoms with Crippen LogP contribution in [-0.4, -0.2) is 22.8 Å². The number of benzene rings is 1. The molecule has 0 aliphatic heterocycles. The number of hydrogen-bond donors (Lipinski definition) is 2. The van der Waals surface area contributed by atoms with E-state index in [1.165, 1.54) is 0 Å². The quantitative estimate of drug-likeness (QED) is 0.606. The van der Waals surface area contributed by atoms with Gasteiger partial charge < -0.3 is 11.1 Å². The van der Waals surface area contributed by atoms with Crippen molar-refractivity contribution in [3.63, 3.8) is 0 Å². The monoisotopic (exact) mass is 347 g/mol. The van der Waals surface area contributed by atoms with Gasteiger partial charge in [0.05, 0.1) is 10.5 Å². The number of nitrogens with one attached hydrogen (secondary N) is 1. The van der Waals surface area contributed by atoms with Crippen LogP contribution in [0, 0.1) is 16.0 Å². The smallest absolute Gasteiger partial charge is 0.368 e. The van der Waals surface area contributed by atoms with Crippen LogP contribution in [0.2, 0.25) is 0 Å². The number of carbonyl (C=O) groups excluding carboxylic acids is 2. The Morgan fingerprint density at radius 1 is 1.38 bits per heavy atom. The van der Waals surface area contributed by atoms with Gasteiger partial charge in [0.25, 0.3) is 11.6 Å². The van der Waals surface area contributed by atoms with E-state index < -0.39 is 45.8 Å². The number of rotatable bonds is 6. The Bertz CT molecular complexity index is 661. The molecular formula is C14H16F3N3O4. The van der Waals surface area contributed by atoms with E-state index in [9.17, 15) is 32.9 Å². The number of nitro benzene ring substituents is 1. The van der Waals surface area contributed by atoms with Crippen LogP contribution in [0.4, 0.5) is 18.9 Å². The molecule has 1 rings (SSSR count). The number of carbonyl (C=O) groups is 2. The average molecular weight is 347 g/mol. The van der Waals surface area contributed by atoms with Gasteiger partial charge in [0, 0.05) is 6.07 Å². The van der Waals surface area contributed by atoms with Crippen LogP contribution < -0.4 is 11.1 Å². The lowest BCUT2D eigenvalue weighted by Gasteiger charge is -2.21. The summed E-state index contributed by atoms with van der Waals surface area (Å²) < 4.78 is 37.9. The van der Waals surface area contributed by atoms with Crippen molar-refractivity contribution in [3.8, 4) is 0 Å². The largest absolute Gasteiger partial charge is 0.416 e. The molecule has 3 N–H and O–H groups in total. The number of alkyl halides is 3. The minimum absolute atomic E-state index is 0.275. The second-order valence-corrected chi connectivity index (χ2v) is 5.23. The lowest BCUT2D eigenvalue weighted by Crippen LogP contribution is -2.48. The molecule has 0 aromatic heterocycles. The standard InChI is InChI=1S/C14H16F3N3O4/c1-3-7(2)11(12(18)21)19-13(22)9-5-4-8(14(15,16)17)6-10(9)20(23)24/h4-7,11H,3H2,1-2H3,(H2,18,21)(H,19,22)/t7-,11+/m1/s1. The van der Waals surface area contributed by atoms with Crippen molar-refractivity contribution in [1.29, 1.82) is 0 Å². The topological polar surface area (TPSA) is 115 Å². The molecular weight excluding hydrogens is 331 g/mol. The van der Waals surface area contributed by atoms with E-state index in [1.54, 1.807) is 13.8 Å². The summed E-state index contributed by atoms with van der Waals surface area (Å²) in [6.07, 6.45) is -4.30. The summed E-state index contributed by atoms with van der Waals surface area (Å²) in [5, 5.41) is 13.2. The third kappa shape index (κ3) is 4.43. The fraction of sp³-hybridized carbons (Fsp3) is 0.429. The van der Waals surface area contributed by atoms with E-state index in [0.29, 0.717) is 18.6 Å². The summed E-state index contributed by atoms with van der Waals surface area (Å²) in [6, 6.07) is 0.441. The van der Waals surface area contributed by atoms with Crippen molar-refractivity contribution in [3.05, 3.63) is 39.4 Å². The van der Waals surface area contributed by atoms with Gasteiger partial charge in [-0.2, -0.15) is 13.2 Å². The second kappa shape index (κ2) is 7.28. The third-order valence-corrected chi connectivity index (χ3v) is 3.57. The fourth-order valence-corrected chi connectivity index (χ4v) is 2.00. The number of hydrogen-bond acceptors (Lipinski definition) is 4. The molecule has 2 amide bonds. The van der Waals surface area contributed by atoms with Gasteiger partial charge in [-0.1, -0.05) is 20.3 Å². The highest BCUT2D eigenvalue weighted by Crippen LogP contribution is 2.33. The van der Waals surface area contributed by atoms with Gasteiger partial charge in [-0.15, -0.1) is 0 Å². The summed E-state index contributed by atoms with van der Waals surface area (Å²) >= 11 is 0. The normalized spacial score (nSPS) is 13.9. The molecule has 0 unspecified atom stereocenters. The summed E-state index contributed by atoms with van der Waals surface area (Å²) in [5.74, 6) is -2.23. The minimum atomic E-state index is -4.79. The van der Waals surface area contributed by atoms with E-state index >= 15 is 0 Å². The van der Waals surface area contributed by atoms with Crippen LogP contribution >= 0.6 is 0 Å². The van der Waals surface area contributed by atoms with Gasteiger partial charge in [-0.05, 0) is 18.1 Å². The van der Waals surface area contributed by atoms with E-state index in [2.05, 4.69) is 5.32 Å². The van der Waals surface area contributed by atoms with Gasteiger partial charge >= 0.3 is 6.18 Å². The van der Waals surface area contributed by atoms with Crippen LogP contribution in [0.15, 0.2) is 18.2 Å². The Morgan fingerprint density at radius 3 is 2.38 bits per heavy atom. The molecule has 0 radical (unpaired) electrons. The van der Waals surface area contributed by atoms with E-state index in [0.717, 1.165) is 0 Å². The Hall–Kier alpha value is -2.65. The van der Waals surface area contributed by atoms with Gasteiger partial charge in [0.15, 0.2) is 0 Å². The summed E-state index contributed by atoms with van der Waals surface area (Å²) in [4.78, 5) is 33.4. The number of nitro groups is 1. The van der Waals surface area contributed by atoms with Crippen LogP contribution in [-0.2, 0) is 11.0 Å². The first-order valence-electron chi connectivity index (χ1n) is 6.94. The number of amides is 2. The molecule has 0 spiro atoms. The molecule has 2 atom stereocenters. The lowest BCUT2D eigenvalue weighted by atomic mass is 9.98. The Morgan fingerprint density at radius 2 is 1.96 bits per heavy atom. The van der Waals surface area contributed by atoms with Crippen LogP contribution in [0.1, 0.15) is 36.2 Å². The van der Waals surface area contributed by atoms with Crippen molar-refractivity contribution < 1.29 is 27.7 Å². The lowest BCUT2D eigenvalue weighted by molar-refractivity contribution is -0.385. The summed E-state index contributed by atoms with van der Waals surface area (Å²) in [5.41, 5.74) is 2.35. The van der Waals surface area contributed by atoms with E-state index in [4.69, 9.17) is 5.73 Å². The number of primary amides is 1. The van der Waals surface area contributed by atoms with E-state index in [-0.39, 0.29) is 12.0 Å². The summed E-state index contributed by atoms with van der Waals surface area (Å²) in [6.45, 7) is 3.38. The van der Waals surface area contributed by atoms with Gasteiger partial charge in [-0.3, -0.25) is 19.7 Å². The predicted octanol–water partition coefficient (Wildman–Crippen LogP) is 2.24. The highest BCUT2D eigenvalue weighted by atomic mass is 19.4.